The van der Waals surface area contributed by atoms with Crippen LogP contribution in [0.25, 0.3) is 22.2 Å². The van der Waals surface area contributed by atoms with E-state index >= 15 is 4.39 Å². The van der Waals surface area contributed by atoms with Crippen LogP contribution in [0.1, 0.15) is 49.1 Å². The van der Waals surface area contributed by atoms with Crippen LogP contribution < -0.4 is 9.64 Å². The van der Waals surface area contributed by atoms with E-state index < -0.39 is 35.3 Å². The molecule has 5 atom stereocenters. The highest BCUT2D eigenvalue weighted by Gasteiger charge is 2.50. The molecule has 8 rings (SSSR count). The first-order valence-corrected chi connectivity index (χ1v) is 16.0. The van der Waals surface area contributed by atoms with Crippen molar-refractivity contribution in [1.29, 1.82) is 5.26 Å². The Hall–Kier alpha value is -4.24. The molecule has 4 fully saturated rings. The summed E-state index contributed by atoms with van der Waals surface area (Å²) < 4.78 is 51.2. The maximum Gasteiger partial charge on any atom is 0.319 e. The number of nitrogens with zero attached hydrogens (tertiary/aromatic N) is 7. The van der Waals surface area contributed by atoms with E-state index in [0.29, 0.717) is 36.0 Å². The fourth-order valence-corrected chi connectivity index (χ4v) is 8.43. The molecule has 0 spiro atoms. The smallest absolute Gasteiger partial charge is 0.319 e. The number of alkyl halides is 1. The summed E-state index contributed by atoms with van der Waals surface area (Å²) in [4.78, 5) is 31.7. The lowest BCUT2D eigenvalue weighted by Crippen LogP contribution is -2.55. The van der Waals surface area contributed by atoms with E-state index in [-0.39, 0.29) is 49.9 Å². The molecule has 1 saturated carbocycles. The third kappa shape index (κ3) is 4.70. The summed E-state index contributed by atoms with van der Waals surface area (Å²) in [5.41, 5.74) is 2.98. The zero-order chi connectivity index (χ0) is 31.7. The Kier molecular flexibility index (Phi) is 6.94. The summed E-state index contributed by atoms with van der Waals surface area (Å²) in [6, 6.07) is 7.39. The molecule has 3 saturated heterocycles. The molecule has 12 heteroatoms. The standard InChI is InChI=1S/C34H34F3N7O2/c1-19(35)32(45)44-11-10-42(17-22(44)6-8-38)31-27-15-39-29(24-5-2-4-23-25-12-20(25)13-26(23)24)28(37)30(27)40-33(41-31)46-18-34-7-3-9-43(34)16-21(36)14-34/h2,4-5,15,20-22,25H,1,3,6-7,9-14,16-18H2/t20-,21-,22+,25-,34+/m1/s1. The Morgan fingerprint density at radius 1 is 1.22 bits per heavy atom. The molecule has 238 valence electrons. The first kappa shape index (κ1) is 29.2. The first-order chi connectivity index (χ1) is 22.3. The zero-order valence-electron chi connectivity index (χ0n) is 25.4. The SMILES string of the molecule is C=C(F)C(=O)N1CCN(c2nc(OC[C@@]34CCCN3C[C@H](F)C4)nc3c(F)c(-c4cccc5c4C[C@H]4C[C@@H]54)ncc23)C[C@@H]1CC#N. The number of hydrogen-bond donors (Lipinski definition) is 0. The number of anilines is 1. The van der Waals surface area contributed by atoms with Gasteiger partial charge in [0.25, 0.3) is 5.91 Å². The average molecular weight is 630 g/mol. The summed E-state index contributed by atoms with van der Waals surface area (Å²) in [6.45, 7) is 4.98. The van der Waals surface area contributed by atoms with Crippen LogP contribution in [0.3, 0.4) is 0 Å². The number of pyridine rings is 1. The number of rotatable bonds is 7. The third-order valence-corrected chi connectivity index (χ3v) is 10.7. The largest absolute Gasteiger partial charge is 0.461 e. The van der Waals surface area contributed by atoms with Gasteiger partial charge in [-0.05, 0) is 55.2 Å². The number of carbonyl (C=O) groups excluding carboxylic acids is 1. The number of ether oxygens (including phenoxy) is 1. The quantitative estimate of drug-likeness (QED) is 0.342. The van der Waals surface area contributed by atoms with Crippen LogP contribution in [0, 0.1) is 23.1 Å². The lowest BCUT2D eigenvalue weighted by Gasteiger charge is -2.41. The second-order valence-electron chi connectivity index (χ2n) is 13.4. The number of nitriles is 1. The molecular formula is C34H34F3N7O2. The van der Waals surface area contributed by atoms with E-state index in [4.69, 9.17) is 9.72 Å². The predicted octanol–water partition coefficient (Wildman–Crippen LogP) is 4.86. The molecule has 0 unspecified atom stereocenters. The molecule has 5 aliphatic rings. The Balaban J connectivity index is 1.19. The molecule has 1 aromatic carbocycles. The highest BCUT2D eigenvalue weighted by molar-refractivity contribution is 5.93. The number of piperazine rings is 1. The number of fused-ring (bicyclic) bond motifs is 5. The number of benzene rings is 1. The maximum atomic E-state index is 16.7. The number of hydrogen-bond acceptors (Lipinski definition) is 8. The van der Waals surface area contributed by atoms with Gasteiger partial charge in [0.1, 0.15) is 29.8 Å². The van der Waals surface area contributed by atoms with Gasteiger partial charge in [-0.15, -0.1) is 0 Å². The molecule has 2 aromatic heterocycles. The van der Waals surface area contributed by atoms with Gasteiger partial charge in [-0.25, -0.2) is 13.2 Å². The molecule has 3 aromatic rings. The second kappa shape index (κ2) is 10.9. The van der Waals surface area contributed by atoms with E-state index in [0.717, 1.165) is 36.9 Å². The Morgan fingerprint density at radius 3 is 2.91 bits per heavy atom. The zero-order valence-corrected chi connectivity index (χ0v) is 25.4. The number of aromatic nitrogens is 3. The van der Waals surface area contributed by atoms with Crippen molar-refractivity contribution in [3.63, 3.8) is 0 Å². The Morgan fingerprint density at radius 2 is 2.09 bits per heavy atom. The summed E-state index contributed by atoms with van der Waals surface area (Å²) in [5.74, 6) is -1.02. The lowest BCUT2D eigenvalue weighted by molar-refractivity contribution is -0.131. The fourth-order valence-electron chi connectivity index (χ4n) is 8.43. The van der Waals surface area contributed by atoms with Gasteiger partial charge in [-0.2, -0.15) is 15.2 Å². The van der Waals surface area contributed by atoms with Crippen molar-refractivity contribution in [3.8, 4) is 23.3 Å². The molecule has 5 heterocycles. The van der Waals surface area contributed by atoms with E-state index in [1.807, 2.05) is 17.0 Å². The molecule has 0 N–H and O–H groups in total. The Bertz CT molecular complexity index is 1810. The van der Waals surface area contributed by atoms with Crippen molar-refractivity contribution in [2.75, 3.05) is 44.2 Å². The third-order valence-electron chi connectivity index (χ3n) is 10.7. The minimum Gasteiger partial charge on any atom is -0.461 e. The second-order valence-corrected chi connectivity index (χ2v) is 13.4. The molecule has 0 radical (unpaired) electrons. The van der Waals surface area contributed by atoms with Crippen LogP contribution in [-0.2, 0) is 11.2 Å². The van der Waals surface area contributed by atoms with Gasteiger partial charge in [0.2, 0.25) is 0 Å². The van der Waals surface area contributed by atoms with E-state index in [1.54, 1.807) is 6.20 Å². The van der Waals surface area contributed by atoms with Gasteiger partial charge in [0.05, 0.1) is 29.5 Å². The summed E-state index contributed by atoms with van der Waals surface area (Å²) in [7, 11) is 0. The number of amides is 1. The predicted molar refractivity (Wildman–Crippen MR) is 164 cm³/mol. The molecule has 2 aliphatic carbocycles. The molecule has 9 nitrogen and oxygen atoms in total. The van der Waals surface area contributed by atoms with Crippen molar-refractivity contribution in [2.24, 2.45) is 5.92 Å². The maximum absolute atomic E-state index is 16.7. The van der Waals surface area contributed by atoms with Crippen LogP contribution >= 0.6 is 0 Å². The normalized spacial score (nSPS) is 28.1. The van der Waals surface area contributed by atoms with Crippen LogP contribution in [-0.4, -0.2) is 87.7 Å². The van der Waals surface area contributed by atoms with Crippen LogP contribution in [0.2, 0.25) is 0 Å². The molecule has 46 heavy (non-hydrogen) atoms. The lowest BCUT2D eigenvalue weighted by atomic mass is 9.95. The fraction of sp³-hybridized carbons (Fsp3) is 0.500. The van der Waals surface area contributed by atoms with E-state index in [2.05, 4.69) is 33.6 Å². The van der Waals surface area contributed by atoms with E-state index in [1.165, 1.54) is 16.9 Å². The van der Waals surface area contributed by atoms with Gasteiger partial charge >= 0.3 is 6.01 Å². The van der Waals surface area contributed by atoms with Crippen LogP contribution in [0.15, 0.2) is 36.8 Å². The monoisotopic (exact) mass is 629 g/mol. The van der Waals surface area contributed by atoms with Crippen molar-refractivity contribution < 1.29 is 22.7 Å². The summed E-state index contributed by atoms with van der Waals surface area (Å²) >= 11 is 0. The van der Waals surface area contributed by atoms with Gasteiger partial charge in [-0.1, -0.05) is 24.8 Å². The molecule has 0 bridgehead atoms. The van der Waals surface area contributed by atoms with Crippen molar-refractivity contribution in [1.82, 2.24) is 24.8 Å². The van der Waals surface area contributed by atoms with Crippen molar-refractivity contribution in [3.05, 3.63) is 53.7 Å². The van der Waals surface area contributed by atoms with Gasteiger partial charge < -0.3 is 14.5 Å². The number of carbonyl (C=O) groups is 1. The van der Waals surface area contributed by atoms with Crippen LogP contribution in [0.5, 0.6) is 6.01 Å². The number of halogens is 3. The topological polar surface area (TPSA) is 98.5 Å². The molecular weight excluding hydrogens is 595 g/mol. The minimum absolute atomic E-state index is 0.0332. The minimum atomic E-state index is -1.09. The molecule has 1 amide bonds. The molecule has 3 aliphatic heterocycles. The highest BCUT2D eigenvalue weighted by atomic mass is 19.1. The van der Waals surface area contributed by atoms with Gasteiger partial charge in [0.15, 0.2) is 11.6 Å². The summed E-state index contributed by atoms with van der Waals surface area (Å²) in [6.07, 6.45) is 4.79. The van der Waals surface area contributed by atoms with Crippen molar-refractivity contribution >= 4 is 22.6 Å². The van der Waals surface area contributed by atoms with Crippen LogP contribution in [0.4, 0.5) is 19.0 Å². The Labute approximate surface area is 264 Å². The average Bonchev–Trinajstić information content (AvgIpc) is 3.39. The first-order valence-electron chi connectivity index (χ1n) is 16.0. The van der Waals surface area contributed by atoms with Gasteiger partial charge in [-0.3, -0.25) is 14.7 Å². The van der Waals surface area contributed by atoms with Crippen molar-refractivity contribution in [2.45, 2.75) is 62.2 Å². The highest BCUT2D eigenvalue weighted by Crippen LogP contribution is 2.57. The van der Waals surface area contributed by atoms with E-state index in [9.17, 15) is 18.8 Å². The summed E-state index contributed by atoms with van der Waals surface area (Å²) in [5, 5.41) is 9.86. The van der Waals surface area contributed by atoms with Gasteiger partial charge in [0, 0.05) is 44.4 Å².